The standard InChI is InChI=1S/C21H20N2O2.ClH/c22-12-6-1-7-13-23-19-15-9-3-4-10-16(15)20(24)18(19)14-8-2-5-11-17(14)21(23)25;/h2-5,8-11H,1,6-7,12-13,22H2;1H. The van der Waals surface area contributed by atoms with Gasteiger partial charge in [0.15, 0.2) is 5.78 Å². The van der Waals surface area contributed by atoms with Crippen LogP contribution >= 0.6 is 12.4 Å². The molecule has 0 radical (unpaired) electrons. The summed E-state index contributed by atoms with van der Waals surface area (Å²) in [4.78, 5) is 26.1. The third kappa shape index (κ3) is 2.75. The second-order valence-corrected chi connectivity index (χ2v) is 6.45. The number of fused-ring (bicyclic) bond motifs is 5. The number of nitrogens with zero attached hydrogens (tertiary/aromatic N) is 1. The molecule has 4 nitrogen and oxygen atoms in total. The third-order valence-electron chi connectivity index (χ3n) is 4.92. The van der Waals surface area contributed by atoms with E-state index in [1.165, 1.54) is 0 Å². The average molecular weight is 369 g/mol. The Bertz CT molecular complexity index is 1040. The lowest BCUT2D eigenvalue weighted by Gasteiger charge is -2.15. The van der Waals surface area contributed by atoms with Crippen LogP contribution in [0.3, 0.4) is 0 Å². The maximum Gasteiger partial charge on any atom is 0.258 e. The van der Waals surface area contributed by atoms with Gasteiger partial charge in [-0.1, -0.05) is 48.9 Å². The molecule has 1 aliphatic carbocycles. The topological polar surface area (TPSA) is 65.1 Å². The van der Waals surface area contributed by atoms with E-state index >= 15 is 0 Å². The molecule has 134 valence electrons. The monoisotopic (exact) mass is 368 g/mol. The first-order chi connectivity index (χ1) is 12.2. The van der Waals surface area contributed by atoms with Crippen LogP contribution < -0.4 is 11.3 Å². The molecule has 0 amide bonds. The molecule has 3 aromatic rings. The fourth-order valence-electron chi connectivity index (χ4n) is 3.73. The average Bonchev–Trinajstić information content (AvgIpc) is 2.94. The van der Waals surface area contributed by atoms with Crippen LogP contribution in [0.25, 0.3) is 22.0 Å². The summed E-state index contributed by atoms with van der Waals surface area (Å²) in [6, 6.07) is 15.0. The van der Waals surface area contributed by atoms with Crippen molar-refractivity contribution in [3.05, 3.63) is 70.0 Å². The summed E-state index contributed by atoms with van der Waals surface area (Å²) in [5.41, 5.74) is 8.54. The molecule has 0 atom stereocenters. The molecule has 0 spiro atoms. The van der Waals surface area contributed by atoms with Crippen molar-refractivity contribution in [3.8, 4) is 11.3 Å². The summed E-state index contributed by atoms with van der Waals surface area (Å²) >= 11 is 0. The molecule has 4 rings (SSSR count). The van der Waals surface area contributed by atoms with Crippen LogP contribution in [0.15, 0.2) is 53.3 Å². The largest absolute Gasteiger partial charge is 0.330 e. The SMILES string of the molecule is Cl.NCCCCCn1c2c(c3ccccc3c1=O)C(=O)c1ccccc1-2. The van der Waals surface area contributed by atoms with Gasteiger partial charge in [-0.15, -0.1) is 12.4 Å². The predicted molar refractivity (Wildman–Crippen MR) is 107 cm³/mol. The minimum absolute atomic E-state index is 0. The highest BCUT2D eigenvalue weighted by atomic mass is 35.5. The molecular formula is C21H21ClN2O2. The number of hydrogen-bond acceptors (Lipinski definition) is 3. The molecule has 1 aliphatic rings. The van der Waals surface area contributed by atoms with Gasteiger partial charge in [0.2, 0.25) is 0 Å². The van der Waals surface area contributed by atoms with Gasteiger partial charge in [-0.2, -0.15) is 0 Å². The van der Waals surface area contributed by atoms with E-state index in [9.17, 15) is 9.59 Å². The minimum Gasteiger partial charge on any atom is -0.330 e. The van der Waals surface area contributed by atoms with E-state index in [-0.39, 0.29) is 23.7 Å². The molecule has 2 N–H and O–H groups in total. The van der Waals surface area contributed by atoms with Gasteiger partial charge in [-0.25, -0.2) is 0 Å². The van der Waals surface area contributed by atoms with E-state index in [0.717, 1.165) is 35.9 Å². The van der Waals surface area contributed by atoms with Crippen molar-refractivity contribution in [2.45, 2.75) is 25.8 Å². The third-order valence-corrected chi connectivity index (χ3v) is 4.92. The zero-order valence-corrected chi connectivity index (χ0v) is 15.2. The molecule has 0 aliphatic heterocycles. The van der Waals surface area contributed by atoms with Crippen LogP contribution in [0, 0.1) is 0 Å². The van der Waals surface area contributed by atoms with Gasteiger partial charge in [0.25, 0.3) is 5.56 Å². The smallest absolute Gasteiger partial charge is 0.258 e. The number of carbonyl (C=O) groups excluding carboxylic acids is 1. The van der Waals surface area contributed by atoms with Gasteiger partial charge in [-0.3, -0.25) is 9.59 Å². The molecule has 0 bridgehead atoms. The van der Waals surface area contributed by atoms with Gasteiger partial charge in [0, 0.05) is 28.4 Å². The summed E-state index contributed by atoms with van der Waals surface area (Å²) in [5, 5.41) is 1.36. The molecule has 0 fully saturated rings. The zero-order chi connectivity index (χ0) is 17.4. The Morgan fingerprint density at radius 3 is 2.19 bits per heavy atom. The summed E-state index contributed by atoms with van der Waals surface area (Å²) in [5.74, 6) is 0.0116. The first-order valence-electron chi connectivity index (χ1n) is 8.73. The Hall–Kier alpha value is -2.43. The van der Waals surface area contributed by atoms with Crippen molar-refractivity contribution >= 4 is 29.0 Å². The maximum absolute atomic E-state index is 13.1. The Morgan fingerprint density at radius 1 is 0.808 bits per heavy atom. The first kappa shape index (κ1) is 18.4. The van der Waals surface area contributed by atoms with E-state index in [1.807, 2.05) is 48.5 Å². The highest BCUT2D eigenvalue weighted by molar-refractivity contribution is 6.26. The van der Waals surface area contributed by atoms with Crippen molar-refractivity contribution in [2.75, 3.05) is 6.54 Å². The first-order valence-corrected chi connectivity index (χ1v) is 8.73. The lowest BCUT2D eigenvalue weighted by molar-refractivity contribution is 0.104. The number of pyridine rings is 1. The number of aromatic nitrogens is 1. The Kier molecular flexibility index (Phi) is 5.25. The quantitative estimate of drug-likeness (QED) is 0.545. The van der Waals surface area contributed by atoms with E-state index in [4.69, 9.17) is 5.73 Å². The highest BCUT2D eigenvalue weighted by Crippen LogP contribution is 2.39. The van der Waals surface area contributed by atoms with Gasteiger partial charge in [-0.05, 0) is 25.5 Å². The van der Waals surface area contributed by atoms with Gasteiger partial charge in [0.1, 0.15) is 0 Å². The van der Waals surface area contributed by atoms with E-state index in [1.54, 1.807) is 4.57 Å². The predicted octanol–water partition coefficient (Wildman–Crippen LogP) is 3.76. The van der Waals surface area contributed by atoms with E-state index in [2.05, 4.69) is 0 Å². The molecule has 1 aromatic heterocycles. The number of benzene rings is 2. The molecule has 0 saturated heterocycles. The summed E-state index contributed by atoms with van der Waals surface area (Å²) in [7, 11) is 0. The van der Waals surface area contributed by atoms with Crippen molar-refractivity contribution in [1.82, 2.24) is 4.57 Å². The van der Waals surface area contributed by atoms with Crippen molar-refractivity contribution in [3.63, 3.8) is 0 Å². The molecular weight excluding hydrogens is 348 g/mol. The van der Waals surface area contributed by atoms with Crippen LogP contribution in [0.2, 0.25) is 0 Å². The minimum atomic E-state index is -0.0217. The lowest BCUT2D eigenvalue weighted by atomic mass is 10.0. The van der Waals surface area contributed by atoms with E-state index in [0.29, 0.717) is 29.6 Å². The van der Waals surface area contributed by atoms with Crippen LogP contribution in [0.5, 0.6) is 0 Å². The lowest BCUT2D eigenvalue weighted by Crippen LogP contribution is -2.23. The number of ketones is 1. The summed E-state index contributed by atoms with van der Waals surface area (Å²) in [6.45, 7) is 1.26. The maximum atomic E-state index is 13.1. The molecule has 5 heteroatoms. The van der Waals surface area contributed by atoms with Crippen molar-refractivity contribution in [1.29, 1.82) is 0 Å². The Morgan fingerprint density at radius 2 is 1.46 bits per heavy atom. The second-order valence-electron chi connectivity index (χ2n) is 6.45. The van der Waals surface area contributed by atoms with Crippen molar-refractivity contribution < 1.29 is 4.79 Å². The van der Waals surface area contributed by atoms with Crippen LogP contribution in [0.1, 0.15) is 35.2 Å². The summed E-state index contributed by atoms with van der Waals surface area (Å²) < 4.78 is 1.79. The number of rotatable bonds is 5. The molecule has 1 heterocycles. The zero-order valence-electron chi connectivity index (χ0n) is 14.4. The molecule has 26 heavy (non-hydrogen) atoms. The van der Waals surface area contributed by atoms with E-state index < -0.39 is 0 Å². The number of unbranched alkanes of at least 4 members (excludes halogenated alkanes) is 2. The van der Waals surface area contributed by atoms with Gasteiger partial charge in [0.05, 0.1) is 11.3 Å². The number of nitrogens with two attached hydrogens (primary N) is 1. The highest BCUT2D eigenvalue weighted by Gasteiger charge is 2.31. The fraction of sp³-hybridized carbons (Fsp3) is 0.238. The van der Waals surface area contributed by atoms with Crippen LogP contribution in [-0.2, 0) is 6.54 Å². The Labute approximate surface area is 158 Å². The number of carbonyl (C=O) groups is 1. The van der Waals surface area contributed by atoms with Gasteiger partial charge >= 0.3 is 0 Å². The number of halogens is 1. The van der Waals surface area contributed by atoms with Crippen LogP contribution in [0.4, 0.5) is 0 Å². The Balaban J connectivity index is 0.00000196. The molecule has 2 aromatic carbocycles. The van der Waals surface area contributed by atoms with Crippen molar-refractivity contribution in [2.24, 2.45) is 5.73 Å². The fourth-order valence-corrected chi connectivity index (χ4v) is 3.73. The summed E-state index contributed by atoms with van der Waals surface area (Å²) in [6.07, 6.45) is 2.79. The molecule has 0 saturated carbocycles. The normalized spacial score (nSPS) is 12.0. The molecule has 0 unspecified atom stereocenters. The second kappa shape index (κ2) is 7.44. The number of hydrogen-bond donors (Lipinski definition) is 1. The van der Waals surface area contributed by atoms with Gasteiger partial charge < -0.3 is 10.3 Å². The van der Waals surface area contributed by atoms with Crippen LogP contribution in [-0.4, -0.2) is 16.9 Å².